The highest BCUT2D eigenvalue weighted by atomic mass is 35.5. The molecule has 0 aromatic carbocycles. The Hall–Kier alpha value is -1.02. The Morgan fingerprint density at radius 3 is 2.77 bits per heavy atom. The molecular weight excluding hydrogens is 186 g/mol. The number of carbonyl (C=O) groups is 1. The fraction of sp³-hybridized carbons (Fsp3) is 0.300. The summed E-state index contributed by atoms with van der Waals surface area (Å²) in [7, 11) is 0. The second kappa shape index (κ2) is 4.28. The predicted octanol–water partition coefficient (Wildman–Crippen LogP) is 2.91. The highest BCUT2D eigenvalue weighted by molar-refractivity contribution is 6.32. The molecule has 3 heteroatoms. The number of nitrogens with one attached hydrogen (secondary N) is 1. The summed E-state index contributed by atoms with van der Waals surface area (Å²) in [6, 6.07) is 1.75. The number of carbonyl (C=O) groups excluding carboxylic acids is 1. The van der Waals surface area contributed by atoms with Gasteiger partial charge >= 0.3 is 0 Å². The zero-order valence-corrected chi connectivity index (χ0v) is 8.43. The highest BCUT2D eigenvalue weighted by Gasteiger charge is 2.02. The van der Waals surface area contributed by atoms with Crippen molar-refractivity contribution in [3.63, 3.8) is 0 Å². The van der Waals surface area contributed by atoms with Crippen LogP contribution in [0.3, 0.4) is 0 Å². The molecule has 0 unspecified atom stereocenters. The minimum absolute atomic E-state index is 0.0324. The molecule has 1 N–H and O–H groups in total. The first kappa shape index (κ1) is 10.1. The summed E-state index contributed by atoms with van der Waals surface area (Å²) < 4.78 is 0. The molecule has 0 spiro atoms. The zero-order valence-electron chi connectivity index (χ0n) is 7.67. The molecule has 0 amide bonds. The largest absolute Gasteiger partial charge is 0.360 e. The van der Waals surface area contributed by atoms with Crippen LogP contribution in [0.25, 0.3) is 6.08 Å². The highest BCUT2D eigenvalue weighted by Crippen LogP contribution is 2.14. The second-order valence-electron chi connectivity index (χ2n) is 3.13. The summed E-state index contributed by atoms with van der Waals surface area (Å²) >= 11 is 5.81. The first-order valence-electron chi connectivity index (χ1n) is 4.16. The molecule has 0 saturated heterocycles. The molecule has 13 heavy (non-hydrogen) atoms. The first-order chi connectivity index (χ1) is 6.11. The maximum absolute atomic E-state index is 11.2. The Labute approximate surface area is 82.6 Å². The van der Waals surface area contributed by atoms with Crippen LogP contribution in [0, 0.1) is 5.92 Å². The van der Waals surface area contributed by atoms with Gasteiger partial charge in [0.1, 0.15) is 0 Å². The van der Waals surface area contributed by atoms with E-state index >= 15 is 0 Å². The summed E-state index contributed by atoms with van der Waals surface area (Å²) in [5, 5.41) is 0.632. The summed E-state index contributed by atoms with van der Waals surface area (Å²) in [6.45, 7) is 3.73. The lowest BCUT2D eigenvalue weighted by atomic mass is 10.1. The number of allylic oxidation sites excluding steroid dienone is 1. The van der Waals surface area contributed by atoms with E-state index in [1.165, 1.54) is 0 Å². The molecule has 0 aliphatic carbocycles. The summed E-state index contributed by atoms with van der Waals surface area (Å²) in [4.78, 5) is 14.1. The van der Waals surface area contributed by atoms with Crippen LogP contribution in [0.4, 0.5) is 0 Å². The topological polar surface area (TPSA) is 32.9 Å². The molecule has 0 aliphatic heterocycles. The van der Waals surface area contributed by atoms with Crippen molar-refractivity contribution in [2.45, 2.75) is 13.8 Å². The lowest BCUT2D eigenvalue weighted by molar-refractivity contribution is -0.117. The van der Waals surface area contributed by atoms with Crippen molar-refractivity contribution in [3.05, 3.63) is 29.1 Å². The van der Waals surface area contributed by atoms with E-state index in [9.17, 15) is 4.79 Å². The van der Waals surface area contributed by atoms with Crippen molar-refractivity contribution in [3.8, 4) is 0 Å². The minimum atomic E-state index is 0.0324. The lowest BCUT2D eigenvalue weighted by Gasteiger charge is -1.95. The van der Waals surface area contributed by atoms with Crippen LogP contribution in [0.2, 0.25) is 5.02 Å². The fourth-order valence-electron chi connectivity index (χ4n) is 0.849. The third-order valence-electron chi connectivity index (χ3n) is 1.71. The van der Waals surface area contributed by atoms with Crippen molar-refractivity contribution in [1.82, 2.24) is 4.98 Å². The number of rotatable bonds is 3. The van der Waals surface area contributed by atoms with Gasteiger partial charge < -0.3 is 4.98 Å². The molecule has 0 atom stereocenters. The monoisotopic (exact) mass is 197 g/mol. The van der Waals surface area contributed by atoms with E-state index < -0.39 is 0 Å². The third-order valence-corrected chi connectivity index (χ3v) is 2.04. The molecule has 0 bridgehead atoms. The summed E-state index contributed by atoms with van der Waals surface area (Å²) in [6.07, 6.45) is 4.98. The van der Waals surface area contributed by atoms with E-state index in [1.54, 1.807) is 24.4 Å². The molecule has 0 fully saturated rings. The van der Waals surface area contributed by atoms with Gasteiger partial charge in [-0.3, -0.25) is 4.79 Å². The molecular formula is C10H12ClNO. The van der Waals surface area contributed by atoms with Gasteiger partial charge in [0, 0.05) is 12.1 Å². The number of halogens is 1. The van der Waals surface area contributed by atoms with Crippen molar-refractivity contribution in [1.29, 1.82) is 0 Å². The van der Waals surface area contributed by atoms with Gasteiger partial charge in [-0.25, -0.2) is 0 Å². The SMILES string of the molecule is CC(C)C(=O)/C=C/c1[nH]ccc1Cl. The Balaban J connectivity index is 2.69. The smallest absolute Gasteiger partial charge is 0.158 e. The maximum Gasteiger partial charge on any atom is 0.158 e. The Morgan fingerprint density at radius 1 is 1.62 bits per heavy atom. The Kier molecular flexibility index (Phi) is 3.32. The van der Waals surface area contributed by atoms with Crippen molar-refractivity contribution in [2.24, 2.45) is 5.92 Å². The van der Waals surface area contributed by atoms with Crippen LogP contribution in [0.1, 0.15) is 19.5 Å². The van der Waals surface area contributed by atoms with Crippen LogP contribution in [0.5, 0.6) is 0 Å². The van der Waals surface area contributed by atoms with E-state index in [1.807, 2.05) is 13.8 Å². The zero-order chi connectivity index (χ0) is 9.84. The molecule has 1 rings (SSSR count). The molecule has 0 saturated carbocycles. The maximum atomic E-state index is 11.2. The number of ketones is 1. The molecule has 2 nitrogen and oxygen atoms in total. The van der Waals surface area contributed by atoms with Gasteiger partial charge in [0.2, 0.25) is 0 Å². The number of hydrogen-bond donors (Lipinski definition) is 1. The van der Waals surface area contributed by atoms with Crippen LogP contribution in [-0.4, -0.2) is 10.8 Å². The minimum Gasteiger partial charge on any atom is -0.360 e. The first-order valence-corrected chi connectivity index (χ1v) is 4.54. The van der Waals surface area contributed by atoms with Crippen molar-refractivity contribution >= 4 is 23.5 Å². The van der Waals surface area contributed by atoms with Crippen LogP contribution >= 0.6 is 11.6 Å². The summed E-state index contributed by atoms with van der Waals surface area (Å²) in [5.41, 5.74) is 0.774. The number of aromatic amines is 1. The van der Waals surface area contributed by atoms with E-state index in [0.717, 1.165) is 5.69 Å². The summed E-state index contributed by atoms with van der Waals surface area (Å²) in [5.74, 6) is 0.135. The van der Waals surface area contributed by atoms with E-state index in [0.29, 0.717) is 5.02 Å². The number of H-pyrrole nitrogens is 1. The molecule has 1 aromatic heterocycles. The number of hydrogen-bond acceptors (Lipinski definition) is 1. The molecule has 0 radical (unpaired) electrons. The average Bonchev–Trinajstić information content (AvgIpc) is 2.47. The van der Waals surface area contributed by atoms with Crippen LogP contribution < -0.4 is 0 Å². The normalized spacial score (nSPS) is 11.4. The number of aromatic nitrogens is 1. The Bertz CT molecular complexity index is 325. The van der Waals surface area contributed by atoms with Crippen LogP contribution in [-0.2, 0) is 4.79 Å². The molecule has 1 heterocycles. The standard InChI is InChI=1S/C10H12ClNO/c1-7(2)10(13)4-3-9-8(11)5-6-12-9/h3-7,12H,1-2H3/b4-3+. The Morgan fingerprint density at radius 2 is 2.31 bits per heavy atom. The predicted molar refractivity (Wildman–Crippen MR) is 54.7 cm³/mol. The van der Waals surface area contributed by atoms with Crippen molar-refractivity contribution in [2.75, 3.05) is 0 Å². The van der Waals surface area contributed by atoms with Gasteiger partial charge in [-0.1, -0.05) is 25.4 Å². The molecule has 0 aliphatic rings. The fourth-order valence-corrected chi connectivity index (χ4v) is 1.03. The van der Waals surface area contributed by atoms with Crippen molar-refractivity contribution < 1.29 is 4.79 Å². The van der Waals surface area contributed by atoms with E-state index in [-0.39, 0.29) is 11.7 Å². The van der Waals surface area contributed by atoms with Crippen LogP contribution in [0.15, 0.2) is 18.3 Å². The quantitative estimate of drug-likeness (QED) is 0.743. The van der Waals surface area contributed by atoms with Gasteiger partial charge in [0.25, 0.3) is 0 Å². The van der Waals surface area contributed by atoms with Gasteiger partial charge in [0.05, 0.1) is 10.7 Å². The van der Waals surface area contributed by atoms with E-state index in [2.05, 4.69) is 4.98 Å². The van der Waals surface area contributed by atoms with Gasteiger partial charge in [-0.2, -0.15) is 0 Å². The second-order valence-corrected chi connectivity index (χ2v) is 3.54. The van der Waals surface area contributed by atoms with Gasteiger partial charge in [-0.15, -0.1) is 0 Å². The third kappa shape index (κ3) is 2.74. The molecule has 70 valence electrons. The van der Waals surface area contributed by atoms with E-state index in [4.69, 9.17) is 11.6 Å². The lowest BCUT2D eigenvalue weighted by Crippen LogP contribution is -2.01. The van der Waals surface area contributed by atoms with Gasteiger partial charge in [0.15, 0.2) is 5.78 Å². The molecule has 1 aromatic rings. The average molecular weight is 198 g/mol. The van der Waals surface area contributed by atoms with Gasteiger partial charge in [-0.05, 0) is 18.2 Å².